The number of rotatable bonds is 6. The van der Waals surface area contributed by atoms with Crippen molar-refractivity contribution >= 4 is 27.3 Å². The molecule has 2 aromatic rings. The Bertz CT molecular complexity index is 848. The van der Waals surface area contributed by atoms with Crippen molar-refractivity contribution in [2.45, 2.75) is 19.8 Å². The molecule has 6 heteroatoms. The largest absolute Gasteiger partial charge is 0.312 e. The van der Waals surface area contributed by atoms with Gasteiger partial charge in [-0.3, -0.25) is 9.52 Å². The number of hydrogen-bond acceptors (Lipinski definition) is 3. The van der Waals surface area contributed by atoms with Crippen LogP contribution in [-0.2, 0) is 27.7 Å². The number of nitrogens with one attached hydrogen (secondary N) is 1. The number of anilines is 2. The molecule has 0 unspecified atom stereocenters. The van der Waals surface area contributed by atoms with Gasteiger partial charge in [-0.05, 0) is 42.7 Å². The summed E-state index contributed by atoms with van der Waals surface area (Å²) in [5.74, 6) is 0.0743. The van der Waals surface area contributed by atoms with E-state index in [0.29, 0.717) is 25.1 Å². The maximum atomic E-state index is 12.3. The molecule has 0 saturated carbocycles. The van der Waals surface area contributed by atoms with Gasteiger partial charge in [0.1, 0.15) is 0 Å². The zero-order valence-corrected chi connectivity index (χ0v) is 14.3. The SMILES string of the molecule is CCN1C(=O)Cc2cc(NS(=O)(=O)CCc3ccccc3)ccc21. The van der Waals surface area contributed by atoms with Crippen molar-refractivity contribution in [3.8, 4) is 0 Å². The first-order valence-corrected chi connectivity index (χ1v) is 9.61. The van der Waals surface area contributed by atoms with Crippen LogP contribution in [0.3, 0.4) is 0 Å². The Morgan fingerprint density at radius 1 is 1.12 bits per heavy atom. The van der Waals surface area contributed by atoms with Gasteiger partial charge in [-0.1, -0.05) is 30.3 Å². The van der Waals surface area contributed by atoms with E-state index in [1.165, 1.54) is 0 Å². The lowest BCUT2D eigenvalue weighted by molar-refractivity contribution is -0.117. The topological polar surface area (TPSA) is 66.5 Å². The summed E-state index contributed by atoms with van der Waals surface area (Å²) in [6.07, 6.45) is 0.784. The summed E-state index contributed by atoms with van der Waals surface area (Å²) in [6.45, 7) is 2.54. The van der Waals surface area contributed by atoms with Crippen LogP contribution in [0.1, 0.15) is 18.1 Å². The second kappa shape index (κ2) is 6.65. The molecule has 2 aromatic carbocycles. The molecular formula is C18H20N2O3S. The number of carbonyl (C=O) groups excluding carboxylic acids is 1. The van der Waals surface area contributed by atoms with E-state index in [9.17, 15) is 13.2 Å². The zero-order valence-electron chi connectivity index (χ0n) is 13.5. The molecule has 0 aromatic heterocycles. The van der Waals surface area contributed by atoms with Crippen LogP contribution in [0.25, 0.3) is 0 Å². The Morgan fingerprint density at radius 2 is 1.88 bits per heavy atom. The molecule has 1 aliphatic rings. The molecule has 3 rings (SSSR count). The van der Waals surface area contributed by atoms with Crippen molar-refractivity contribution in [1.29, 1.82) is 0 Å². The molecule has 5 nitrogen and oxygen atoms in total. The third-order valence-corrected chi connectivity index (χ3v) is 5.39. The molecule has 0 bridgehead atoms. The summed E-state index contributed by atoms with van der Waals surface area (Å²) >= 11 is 0. The number of carbonyl (C=O) groups is 1. The van der Waals surface area contributed by atoms with Gasteiger partial charge in [-0.15, -0.1) is 0 Å². The average Bonchev–Trinajstić information content (AvgIpc) is 2.88. The van der Waals surface area contributed by atoms with E-state index in [1.807, 2.05) is 37.3 Å². The molecule has 126 valence electrons. The van der Waals surface area contributed by atoms with Gasteiger partial charge in [0.05, 0.1) is 12.2 Å². The van der Waals surface area contributed by atoms with Crippen LogP contribution < -0.4 is 9.62 Å². The van der Waals surface area contributed by atoms with E-state index in [0.717, 1.165) is 16.8 Å². The number of aryl methyl sites for hydroxylation is 1. The quantitative estimate of drug-likeness (QED) is 0.876. The van der Waals surface area contributed by atoms with Crippen molar-refractivity contribution in [3.05, 3.63) is 59.7 Å². The average molecular weight is 344 g/mol. The van der Waals surface area contributed by atoms with Gasteiger partial charge in [0, 0.05) is 17.9 Å². The van der Waals surface area contributed by atoms with Crippen LogP contribution in [0.2, 0.25) is 0 Å². The van der Waals surface area contributed by atoms with Crippen LogP contribution in [0.5, 0.6) is 0 Å². The van der Waals surface area contributed by atoms with Gasteiger partial charge in [0.25, 0.3) is 0 Å². The first-order valence-electron chi connectivity index (χ1n) is 7.96. The Balaban J connectivity index is 1.70. The van der Waals surface area contributed by atoms with Crippen molar-refractivity contribution in [3.63, 3.8) is 0 Å². The molecule has 24 heavy (non-hydrogen) atoms. The van der Waals surface area contributed by atoms with Crippen molar-refractivity contribution in [2.24, 2.45) is 0 Å². The number of fused-ring (bicyclic) bond motifs is 1. The number of amides is 1. The minimum atomic E-state index is -3.43. The van der Waals surface area contributed by atoms with Crippen LogP contribution in [0.4, 0.5) is 11.4 Å². The van der Waals surface area contributed by atoms with Gasteiger partial charge < -0.3 is 4.90 Å². The molecule has 1 amide bonds. The van der Waals surface area contributed by atoms with Gasteiger partial charge in [0.15, 0.2) is 0 Å². The smallest absolute Gasteiger partial charge is 0.233 e. The molecule has 0 atom stereocenters. The highest BCUT2D eigenvalue weighted by atomic mass is 32.2. The van der Waals surface area contributed by atoms with Crippen LogP contribution in [0.15, 0.2) is 48.5 Å². The van der Waals surface area contributed by atoms with E-state index < -0.39 is 10.0 Å². The van der Waals surface area contributed by atoms with Crippen molar-refractivity contribution in [1.82, 2.24) is 0 Å². The molecule has 0 aliphatic carbocycles. The zero-order chi connectivity index (χ0) is 17.2. The van der Waals surface area contributed by atoms with Crippen LogP contribution in [-0.4, -0.2) is 26.6 Å². The lowest BCUT2D eigenvalue weighted by Gasteiger charge is -2.15. The molecule has 0 spiro atoms. The van der Waals surface area contributed by atoms with Crippen molar-refractivity contribution < 1.29 is 13.2 Å². The van der Waals surface area contributed by atoms with Gasteiger partial charge in [-0.25, -0.2) is 8.42 Å². The normalized spacial score (nSPS) is 13.9. The van der Waals surface area contributed by atoms with E-state index in [2.05, 4.69) is 4.72 Å². The highest BCUT2D eigenvalue weighted by Gasteiger charge is 2.26. The summed E-state index contributed by atoms with van der Waals surface area (Å²) < 4.78 is 27.1. The predicted octanol–water partition coefficient (Wildman–Crippen LogP) is 2.58. The number of hydrogen-bond donors (Lipinski definition) is 1. The maximum Gasteiger partial charge on any atom is 0.233 e. The van der Waals surface area contributed by atoms with E-state index in [4.69, 9.17) is 0 Å². The maximum absolute atomic E-state index is 12.3. The monoisotopic (exact) mass is 344 g/mol. The minimum absolute atomic E-state index is 0.0219. The molecule has 1 aliphatic heterocycles. The second-order valence-corrected chi connectivity index (χ2v) is 7.66. The molecule has 1 heterocycles. The second-order valence-electron chi connectivity index (χ2n) is 5.81. The first-order chi connectivity index (χ1) is 11.5. The molecular weight excluding hydrogens is 324 g/mol. The predicted molar refractivity (Wildman–Crippen MR) is 95.7 cm³/mol. The highest BCUT2D eigenvalue weighted by molar-refractivity contribution is 7.92. The Morgan fingerprint density at radius 3 is 2.58 bits per heavy atom. The number of sulfonamides is 1. The summed E-state index contributed by atoms with van der Waals surface area (Å²) in [5.41, 5.74) is 3.23. The summed E-state index contributed by atoms with van der Waals surface area (Å²) in [6, 6.07) is 14.8. The third kappa shape index (κ3) is 3.59. The number of benzene rings is 2. The fourth-order valence-corrected chi connectivity index (χ4v) is 4.01. The van der Waals surface area contributed by atoms with Gasteiger partial charge in [0.2, 0.25) is 15.9 Å². The van der Waals surface area contributed by atoms with E-state index in [1.54, 1.807) is 23.1 Å². The van der Waals surface area contributed by atoms with Gasteiger partial charge in [-0.2, -0.15) is 0 Å². The Kier molecular flexibility index (Phi) is 4.57. The Hall–Kier alpha value is -2.34. The number of nitrogens with zero attached hydrogens (tertiary/aromatic N) is 1. The van der Waals surface area contributed by atoms with Gasteiger partial charge >= 0.3 is 0 Å². The lowest BCUT2D eigenvalue weighted by Crippen LogP contribution is -2.25. The Labute approximate surface area is 142 Å². The van der Waals surface area contributed by atoms with Crippen LogP contribution >= 0.6 is 0 Å². The molecule has 0 saturated heterocycles. The fraction of sp³-hybridized carbons (Fsp3) is 0.278. The standard InChI is InChI=1S/C18H20N2O3S/c1-2-20-17-9-8-16(12-15(17)13-18(20)21)19-24(22,23)11-10-14-6-4-3-5-7-14/h3-9,12,19H,2,10-11,13H2,1H3. The third-order valence-electron chi connectivity index (χ3n) is 4.10. The highest BCUT2D eigenvalue weighted by Crippen LogP contribution is 2.31. The summed E-state index contributed by atoms with van der Waals surface area (Å²) in [4.78, 5) is 13.6. The summed E-state index contributed by atoms with van der Waals surface area (Å²) in [7, 11) is -3.43. The molecule has 0 radical (unpaired) electrons. The van der Waals surface area contributed by atoms with E-state index in [-0.39, 0.29) is 11.7 Å². The molecule has 0 fully saturated rings. The first kappa shape index (κ1) is 16.5. The minimum Gasteiger partial charge on any atom is -0.312 e. The summed E-state index contributed by atoms with van der Waals surface area (Å²) in [5, 5.41) is 0. The van der Waals surface area contributed by atoms with E-state index >= 15 is 0 Å². The lowest BCUT2D eigenvalue weighted by atomic mass is 10.1. The fourth-order valence-electron chi connectivity index (χ4n) is 2.92. The van der Waals surface area contributed by atoms with Crippen LogP contribution in [0, 0.1) is 0 Å². The molecule has 1 N–H and O–H groups in total. The number of likely N-dealkylation sites (N-methyl/N-ethyl adjacent to an activating group) is 1. The van der Waals surface area contributed by atoms with Crippen molar-refractivity contribution in [2.75, 3.05) is 21.9 Å².